The summed E-state index contributed by atoms with van der Waals surface area (Å²) in [6.45, 7) is 0.676. The van der Waals surface area contributed by atoms with Gasteiger partial charge < -0.3 is 14.9 Å². The fraction of sp³-hybridized carbons (Fsp3) is 0.417. The number of ether oxygens (including phenoxy) is 1. The van der Waals surface area contributed by atoms with E-state index in [1.165, 1.54) is 20.2 Å². The van der Waals surface area contributed by atoms with E-state index in [1.807, 2.05) is 0 Å². The number of benzene rings is 1. The number of sulfonamides is 1. The topological polar surface area (TPSA) is 104 Å². The molecule has 8 heteroatoms. The number of methoxy groups -OCH3 is 1. The van der Waals surface area contributed by atoms with Gasteiger partial charge in [-0.1, -0.05) is 0 Å². The molecule has 0 saturated carbocycles. The number of aromatic hydroxyl groups is 1. The third-order valence-electron chi connectivity index (χ3n) is 2.73. The van der Waals surface area contributed by atoms with Crippen molar-refractivity contribution in [3.05, 3.63) is 23.8 Å². The highest BCUT2D eigenvalue weighted by Crippen LogP contribution is 2.23. The van der Waals surface area contributed by atoms with Crippen molar-refractivity contribution in [2.45, 2.75) is 11.3 Å². The van der Waals surface area contributed by atoms with Crippen molar-refractivity contribution in [2.75, 3.05) is 27.3 Å². The molecule has 0 radical (unpaired) electrons. The molecule has 0 saturated heterocycles. The number of nitrogens with zero attached hydrogens (tertiary/aromatic N) is 1. The second-order valence-electron chi connectivity index (χ2n) is 4.16. The number of carbonyl (C=O) groups is 1. The zero-order chi connectivity index (χ0) is 15.3. The highest BCUT2D eigenvalue weighted by Gasteiger charge is 2.23. The van der Waals surface area contributed by atoms with Crippen LogP contribution in [-0.2, 0) is 14.8 Å². The number of carboxylic acid groups (broad SMARTS) is 1. The molecule has 2 N–H and O–H groups in total. The molecule has 0 aliphatic carbocycles. The standard InChI is InChI=1S/C12H17NO6S/c1-13(6-3-7-19-2)20(17,18)9-4-5-11(14)10(8-9)12(15)16/h4-5,8,14H,3,6-7H2,1-2H3,(H,15,16). The second kappa shape index (κ2) is 6.69. The minimum Gasteiger partial charge on any atom is -0.507 e. The molecule has 0 amide bonds. The van der Waals surface area contributed by atoms with E-state index in [1.54, 1.807) is 0 Å². The third kappa shape index (κ3) is 3.69. The van der Waals surface area contributed by atoms with E-state index in [4.69, 9.17) is 9.84 Å². The van der Waals surface area contributed by atoms with Crippen molar-refractivity contribution in [2.24, 2.45) is 0 Å². The average molecular weight is 303 g/mol. The summed E-state index contributed by atoms with van der Waals surface area (Å²) in [6, 6.07) is 3.17. The van der Waals surface area contributed by atoms with Crippen LogP contribution in [0.2, 0.25) is 0 Å². The molecule has 0 fully saturated rings. The van der Waals surface area contributed by atoms with Gasteiger partial charge in [0, 0.05) is 27.3 Å². The lowest BCUT2D eigenvalue weighted by Gasteiger charge is -2.17. The summed E-state index contributed by atoms with van der Waals surface area (Å²) in [4.78, 5) is 10.7. The normalized spacial score (nSPS) is 11.8. The first-order valence-electron chi connectivity index (χ1n) is 5.82. The molecule has 0 atom stereocenters. The predicted molar refractivity (Wildman–Crippen MR) is 71.4 cm³/mol. The Labute approximate surface area is 117 Å². The highest BCUT2D eigenvalue weighted by atomic mass is 32.2. The minimum absolute atomic E-state index is 0.174. The van der Waals surface area contributed by atoms with Gasteiger partial charge in [0.1, 0.15) is 11.3 Å². The summed E-state index contributed by atoms with van der Waals surface area (Å²) >= 11 is 0. The van der Waals surface area contributed by atoms with E-state index in [0.29, 0.717) is 13.0 Å². The lowest BCUT2D eigenvalue weighted by molar-refractivity contribution is 0.0693. The Bertz CT molecular complexity index is 584. The Hall–Kier alpha value is -1.64. The molecule has 7 nitrogen and oxygen atoms in total. The van der Waals surface area contributed by atoms with Crippen LogP contribution in [0.25, 0.3) is 0 Å². The minimum atomic E-state index is -3.79. The molecule has 0 aliphatic heterocycles. The third-order valence-corrected chi connectivity index (χ3v) is 4.58. The van der Waals surface area contributed by atoms with Gasteiger partial charge in [0.05, 0.1) is 4.90 Å². The van der Waals surface area contributed by atoms with Gasteiger partial charge in [0.25, 0.3) is 0 Å². The van der Waals surface area contributed by atoms with Crippen LogP contribution >= 0.6 is 0 Å². The van der Waals surface area contributed by atoms with Crippen molar-refractivity contribution >= 4 is 16.0 Å². The first-order chi connectivity index (χ1) is 9.30. The number of phenols is 1. The monoisotopic (exact) mass is 303 g/mol. The van der Waals surface area contributed by atoms with Gasteiger partial charge in [-0.25, -0.2) is 17.5 Å². The van der Waals surface area contributed by atoms with Gasteiger partial charge in [-0.3, -0.25) is 0 Å². The van der Waals surface area contributed by atoms with Crippen LogP contribution in [0.1, 0.15) is 16.8 Å². The lowest BCUT2D eigenvalue weighted by atomic mass is 10.2. The lowest BCUT2D eigenvalue weighted by Crippen LogP contribution is -2.28. The summed E-state index contributed by atoms with van der Waals surface area (Å²) in [5.74, 6) is -1.86. The summed E-state index contributed by atoms with van der Waals surface area (Å²) in [7, 11) is -0.866. The molecule has 0 unspecified atom stereocenters. The molecule has 0 bridgehead atoms. The Balaban J connectivity index is 3.03. The molecule has 0 spiro atoms. The van der Waals surface area contributed by atoms with E-state index in [0.717, 1.165) is 16.4 Å². The molecule has 112 valence electrons. The average Bonchev–Trinajstić information content (AvgIpc) is 2.38. The van der Waals surface area contributed by atoms with Crippen LogP contribution in [0.4, 0.5) is 0 Å². The maximum absolute atomic E-state index is 12.2. The number of hydrogen-bond donors (Lipinski definition) is 2. The maximum atomic E-state index is 12.2. The zero-order valence-corrected chi connectivity index (χ0v) is 12.1. The Morgan fingerprint density at radius 2 is 2.05 bits per heavy atom. The first kappa shape index (κ1) is 16.4. The molecular weight excluding hydrogens is 286 g/mol. The zero-order valence-electron chi connectivity index (χ0n) is 11.2. The Kier molecular flexibility index (Phi) is 5.49. The van der Waals surface area contributed by atoms with Gasteiger partial charge in [-0.2, -0.15) is 0 Å². The van der Waals surface area contributed by atoms with Crippen LogP contribution < -0.4 is 0 Å². The largest absolute Gasteiger partial charge is 0.507 e. The first-order valence-corrected chi connectivity index (χ1v) is 7.26. The number of carboxylic acids is 1. The van der Waals surface area contributed by atoms with Gasteiger partial charge in [-0.15, -0.1) is 0 Å². The molecule has 0 heterocycles. The highest BCUT2D eigenvalue weighted by molar-refractivity contribution is 7.89. The molecule has 20 heavy (non-hydrogen) atoms. The van der Waals surface area contributed by atoms with Crippen LogP contribution in [0.3, 0.4) is 0 Å². The molecular formula is C12H17NO6S. The van der Waals surface area contributed by atoms with Crippen molar-refractivity contribution in [3.8, 4) is 5.75 Å². The number of hydrogen-bond acceptors (Lipinski definition) is 5. The Morgan fingerprint density at radius 1 is 1.40 bits per heavy atom. The van der Waals surface area contributed by atoms with Gasteiger partial charge in [-0.05, 0) is 24.6 Å². The van der Waals surface area contributed by atoms with Crippen molar-refractivity contribution < 1.29 is 28.2 Å². The Morgan fingerprint density at radius 3 is 2.60 bits per heavy atom. The van der Waals surface area contributed by atoms with Crippen molar-refractivity contribution in [1.82, 2.24) is 4.31 Å². The van der Waals surface area contributed by atoms with Crippen LogP contribution in [0.5, 0.6) is 5.75 Å². The second-order valence-corrected chi connectivity index (χ2v) is 6.20. The molecule has 1 rings (SSSR count). The molecule has 0 aromatic heterocycles. The summed E-state index contributed by atoms with van der Waals surface area (Å²) in [5, 5.41) is 18.3. The number of rotatable bonds is 7. The van der Waals surface area contributed by atoms with Crippen molar-refractivity contribution in [1.29, 1.82) is 0 Å². The smallest absolute Gasteiger partial charge is 0.339 e. The van der Waals surface area contributed by atoms with Crippen LogP contribution in [0, 0.1) is 0 Å². The molecule has 0 aliphatic rings. The predicted octanol–water partition coefficient (Wildman–Crippen LogP) is 0.747. The van der Waals surface area contributed by atoms with Gasteiger partial charge >= 0.3 is 5.97 Å². The molecule has 1 aromatic rings. The molecule has 1 aromatic carbocycles. The van der Waals surface area contributed by atoms with Crippen LogP contribution in [0.15, 0.2) is 23.1 Å². The van der Waals surface area contributed by atoms with E-state index >= 15 is 0 Å². The number of aromatic carboxylic acids is 1. The SMILES string of the molecule is COCCCN(C)S(=O)(=O)c1ccc(O)c(C(=O)O)c1. The van der Waals surface area contributed by atoms with Gasteiger partial charge in [0.2, 0.25) is 10.0 Å². The van der Waals surface area contributed by atoms with E-state index < -0.39 is 27.3 Å². The summed E-state index contributed by atoms with van der Waals surface area (Å²) in [6.07, 6.45) is 0.524. The van der Waals surface area contributed by atoms with Gasteiger partial charge in [0.15, 0.2) is 0 Å². The fourth-order valence-corrected chi connectivity index (χ4v) is 2.81. The fourth-order valence-electron chi connectivity index (χ4n) is 1.58. The van der Waals surface area contributed by atoms with Crippen molar-refractivity contribution in [3.63, 3.8) is 0 Å². The van der Waals surface area contributed by atoms with E-state index in [2.05, 4.69) is 0 Å². The summed E-state index contributed by atoms with van der Waals surface area (Å²) < 4.78 is 30.4. The quantitative estimate of drug-likeness (QED) is 0.720. The maximum Gasteiger partial charge on any atom is 0.339 e. The summed E-state index contributed by atoms with van der Waals surface area (Å²) in [5.41, 5.74) is -0.448. The van der Waals surface area contributed by atoms with E-state index in [9.17, 15) is 18.3 Å². The van der Waals surface area contributed by atoms with Crippen LogP contribution in [-0.4, -0.2) is 56.2 Å². The van der Waals surface area contributed by atoms with E-state index in [-0.39, 0.29) is 11.4 Å².